The van der Waals surface area contributed by atoms with Crippen LogP contribution in [0.2, 0.25) is 0 Å². The lowest BCUT2D eigenvalue weighted by Gasteiger charge is -2.11. The maximum atomic E-state index is 10.7. The Labute approximate surface area is 52.8 Å². The summed E-state index contributed by atoms with van der Waals surface area (Å²) in [7, 11) is 0. The zero-order valence-electron chi connectivity index (χ0n) is 4.81. The van der Waals surface area contributed by atoms with Gasteiger partial charge in [-0.2, -0.15) is 0 Å². The minimum absolute atomic E-state index is 0.137. The molecular formula is C5H9NOS. The molecule has 0 saturated carbocycles. The molecule has 2 nitrogen and oxygen atoms in total. The van der Waals surface area contributed by atoms with Gasteiger partial charge in [0.1, 0.15) is 0 Å². The van der Waals surface area contributed by atoms with E-state index >= 15 is 0 Å². The van der Waals surface area contributed by atoms with Gasteiger partial charge in [-0.25, -0.2) is 0 Å². The summed E-state index contributed by atoms with van der Waals surface area (Å²) in [4.78, 5) is 10.7. The molecule has 1 aliphatic heterocycles. The monoisotopic (exact) mass is 131 g/mol. The fourth-order valence-corrected chi connectivity index (χ4v) is 1.77. The quantitative estimate of drug-likeness (QED) is 0.516. The SMILES string of the molecule is C[C@]1(N)CCSC1=O. The van der Waals surface area contributed by atoms with Crippen LogP contribution in [0, 0.1) is 0 Å². The molecule has 1 heterocycles. The molecule has 3 heteroatoms. The lowest BCUT2D eigenvalue weighted by atomic mass is 10.0. The number of rotatable bonds is 0. The highest BCUT2D eigenvalue weighted by Crippen LogP contribution is 2.26. The van der Waals surface area contributed by atoms with Gasteiger partial charge in [-0.15, -0.1) is 0 Å². The average Bonchev–Trinajstić information content (AvgIpc) is 1.86. The summed E-state index contributed by atoms with van der Waals surface area (Å²) >= 11 is 1.34. The molecule has 1 saturated heterocycles. The van der Waals surface area contributed by atoms with Gasteiger partial charge in [-0.05, 0) is 13.3 Å². The Bertz CT molecular complexity index is 122. The lowest BCUT2D eigenvalue weighted by Crippen LogP contribution is -2.39. The molecule has 0 amide bonds. The third-order valence-corrected chi connectivity index (χ3v) is 2.46. The maximum Gasteiger partial charge on any atom is 0.208 e. The molecule has 2 N–H and O–H groups in total. The van der Waals surface area contributed by atoms with Crippen molar-refractivity contribution in [3.05, 3.63) is 0 Å². The molecular weight excluding hydrogens is 122 g/mol. The third-order valence-electron chi connectivity index (χ3n) is 1.32. The van der Waals surface area contributed by atoms with Crippen molar-refractivity contribution in [2.75, 3.05) is 5.75 Å². The van der Waals surface area contributed by atoms with Crippen molar-refractivity contribution < 1.29 is 4.79 Å². The maximum absolute atomic E-state index is 10.7. The normalized spacial score (nSPS) is 38.5. The second-order valence-electron chi connectivity index (χ2n) is 2.30. The highest BCUT2D eigenvalue weighted by molar-refractivity contribution is 8.14. The van der Waals surface area contributed by atoms with Crippen LogP contribution in [-0.2, 0) is 4.79 Å². The molecule has 0 radical (unpaired) electrons. The van der Waals surface area contributed by atoms with E-state index in [9.17, 15) is 4.79 Å². The second kappa shape index (κ2) is 1.74. The largest absolute Gasteiger partial charge is 0.318 e. The minimum atomic E-state index is -0.523. The van der Waals surface area contributed by atoms with E-state index in [1.165, 1.54) is 11.8 Å². The third kappa shape index (κ3) is 0.880. The van der Waals surface area contributed by atoms with Crippen molar-refractivity contribution in [3.63, 3.8) is 0 Å². The standard InChI is InChI=1S/C5H9NOS/c1-5(6)2-3-8-4(5)7/h2-3,6H2,1H3/t5-/m0/s1. The highest BCUT2D eigenvalue weighted by Gasteiger charge is 2.33. The summed E-state index contributed by atoms with van der Waals surface area (Å²) in [5, 5.41) is 0.137. The van der Waals surface area contributed by atoms with E-state index in [4.69, 9.17) is 5.73 Å². The van der Waals surface area contributed by atoms with Crippen LogP contribution >= 0.6 is 11.8 Å². The van der Waals surface area contributed by atoms with E-state index in [2.05, 4.69) is 0 Å². The van der Waals surface area contributed by atoms with Crippen molar-refractivity contribution in [3.8, 4) is 0 Å². The van der Waals surface area contributed by atoms with Crippen LogP contribution in [0.15, 0.2) is 0 Å². The molecule has 0 bridgehead atoms. The first-order chi connectivity index (χ1) is 3.63. The first kappa shape index (κ1) is 6.11. The molecule has 0 aliphatic carbocycles. The summed E-state index contributed by atoms with van der Waals surface area (Å²) < 4.78 is 0. The molecule has 0 aromatic rings. The van der Waals surface area contributed by atoms with Gasteiger partial charge in [0, 0.05) is 5.75 Å². The Morgan fingerprint density at radius 1 is 1.88 bits per heavy atom. The number of thioether (sulfide) groups is 1. The van der Waals surface area contributed by atoms with E-state index < -0.39 is 5.54 Å². The predicted molar refractivity (Wildman–Crippen MR) is 34.7 cm³/mol. The molecule has 0 aromatic carbocycles. The van der Waals surface area contributed by atoms with Crippen LogP contribution in [-0.4, -0.2) is 16.4 Å². The highest BCUT2D eigenvalue weighted by atomic mass is 32.2. The van der Waals surface area contributed by atoms with Crippen molar-refractivity contribution in [2.24, 2.45) is 5.73 Å². The van der Waals surface area contributed by atoms with Crippen molar-refractivity contribution in [1.29, 1.82) is 0 Å². The van der Waals surface area contributed by atoms with Gasteiger partial charge in [0.25, 0.3) is 0 Å². The van der Waals surface area contributed by atoms with Crippen LogP contribution in [0.25, 0.3) is 0 Å². The Morgan fingerprint density at radius 2 is 2.50 bits per heavy atom. The first-order valence-electron chi connectivity index (χ1n) is 2.59. The molecule has 1 atom stereocenters. The number of carbonyl (C=O) groups excluding carboxylic acids is 1. The zero-order chi connectivity index (χ0) is 6.20. The van der Waals surface area contributed by atoms with E-state index in [-0.39, 0.29) is 5.12 Å². The van der Waals surface area contributed by atoms with Crippen molar-refractivity contribution in [2.45, 2.75) is 18.9 Å². The van der Waals surface area contributed by atoms with Crippen LogP contribution in [0.1, 0.15) is 13.3 Å². The molecule has 0 unspecified atom stereocenters. The minimum Gasteiger partial charge on any atom is -0.318 e. The molecule has 1 fully saturated rings. The molecule has 8 heavy (non-hydrogen) atoms. The second-order valence-corrected chi connectivity index (χ2v) is 3.37. The van der Waals surface area contributed by atoms with Crippen molar-refractivity contribution >= 4 is 16.9 Å². The van der Waals surface area contributed by atoms with Gasteiger partial charge in [0.15, 0.2) is 0 Å². The van der Waals surface area contributed by atoms with Gasteiger partial charge in [0.05, 0.1) is 5.54 Å². The summed E-state index contributed by atoms with van der Waals surface area (Å²) in [6, 6.07) is 0. The van der Waals surface area contributed by atoms with Crippen LogP contribution in [0.4, 0.5) is 0 Å². The number of hydrogen-bond acceptors (Lipinski definition) is 3. The summed E-state index contributed by atoms with van der Waals surface area (Å²) in [6.07, 6.45) is 0.830. The van der Waals surface area contributed by atoms with Gasteiger partial charge in [-0.1, -0.05) is 11.8 Å². The molecule has 1 rings (SSSR count). The Hall–Kier alpha value is -0.0200. The van der Waals surface area contributed by atoms with E-state index in [1.54, 1.807) is 6.92 Å². The smallest absolute Gasteiger partial charge is 0.208 e. The topological polar surface area (TPSA) is 43.1 Å². The summed E-state index contributed by atoms with van der Waals surface area (Å²) in [5.74, 6) is 0.895. The van der Waals surface area contributed by atoms with Gasteiger partial charge in [-0.3, -0.25) is 4.79 Å². The van der Waals surface area contributed by atoms with Gasteiger partial charge >= 0.3 is 0 Å². The molecule has 0 aromatic heterocycles. The Kier molecular flexibility index (Phi) is 1.33. The number of carbonyl (C=O) groups is 1. The molecule has 46 valence electrons. The number of hydrogen-bond donors (Lipinski definition) is 1. The van der Waals surface area contributed by atoms with Crippen LogP contribution in [0.3, 0.4) is 0 Å². The van der Waals surface area contributed by atoms with Crippen LogP contribution < -0.4 is 5.73 Å². The summed E-state index contributed by atoms with van der Waals surface area (Å²) in [6.45, 7) is 1.79. The van der Waals surface area contributed by atoms with Crippen molar-refractivity contribution in [1.82, 2.24) is 0 Å². The Balaban J connectivity index is 2.68. The van der Waals surface area contributed by atoms with Gasteiger partial charge in [0.2, 0.25) is 5.12 Å². The van der Waals surface area contributed by atoms with E-state index in [1.807, 2.05) is 0 Å². The first-order valence-corrected chi connectivity index (χ1v) is 3.57. The molecule has 1 aliphatic rings. The fourth-order valence-electron chi connectivity index (χ4n) is 0.623. The lowest BCUT2D eigenvalue weighted by molar-refractivity contribution is -0.114. The zero-order valence-corrected chi connectivity index (χ0v) is 5.62. The fraction of sp³-hybridized carbons (Fsp3) is 0.800. The predicted octanol–water partition coefficient (Wildman–Crippen LogP) is 0.367. The average molecular weight is 131 g/mol. The van der Waals surface area contributed by atoms with E-state index in [0.29, 0.717) is 0 Å². The van der Waals surface area contributed by atoms with E-state index in [0.717, 1.165) is 12.2 Å². The van der Waals surface area contributed by atoms with Crippen LogP contribution in [0.5, 0.6) is 0 Å². The Morgan fingerprint density at radius 3 is 2.62 bits per heavy atom. The molecule has 0 spiro atoms. The summed E-state index contributed by atoms with van der Waals surface area (Å²) in [5.41, 5.74) is 5.03. The number of nitrogens with two attached hydrogens (primary N) is 1. The van der Waals surface area contributed by atoms with Gasteiger partial charge < -0.3 is 5.73 Å².